The van der Waals surface area contributed by atoms with Gasteiger partial charge in [0.1, 0.15) is 10.6 Å². The maximum atomic E-state index is 12.8. The Morgan fingerprint density at radius 3 is 2.25 bits per heavy atom. The summed E-state index contributed by atoms with van der Waals surface area (Å²) in [7, 11) is -2.31. The van der Waals surface area contributed by atoms with E-state index in [9.17, 15) is 13.2 Å². The third kappa shape index (κ3) is 4.48. The molecular formula is C17H28N2O4S. The van der Waals surface area contributed by atoms with Crippen molar-refractivity contribution in [3.63, 3.8) is 0 Å². The second kappa shape index (κ2) is 7.98. The van der Waals surface area contributed by atoms with Crippen LogP contribution in [0.4, 0.5) is 0 Å². The Morgan fingerprint density at radius 1 is 1.21 bits per heavy atom. The predicted molar refractivity (Wildman–Crippen MR) is 94.9 cm³/mol. The molecule has 0 spiro atoms. The van der Waals surface area contributed by atoms with Crippen molar-refractivity contribution in [2.24, 2.45) is 0 Å². The maximum Gasteiger partial charge on any atom is 0.251 e. The molecule has 0 unspecified atom stereocenters. The monoisotopic (exact) mass is 356 g/mol. The van der Waals surface area contributed by atoms with Gasteiger partial charge in [-0.15, -0.1) is 0 Å². The number of carbonyl (C=O) groups is 1. The molecule has 0 aromatic heterocycles. The quantitative estimate of drug-likeness (QED) is 0.777. The molecule has 1 aromatic rings. The van der Waals surface area contributed by atoms with Crippen molar-refractivity contribution in [1.29, 1.82) is 0 Å². The van der Waals surface area contributed by atoms with E-state index in [2.05, 4.69) is 5.32 Å². The fraction of sp³-hybridized carbons (Fsp3) is 0.588. The molecule has 0 saturated carbocycles. The average molecular weight is 356 g/mol. The van der Waals surface area contributed by atoms with Crippen molar-refractivity contribution < 1.29 is 17.9 Å². The fourth-order valence-electron chi connectivity index (χ4n) is 2.19. The zero-order chi connectivity index (χ0) is 18.5. The van der Waals surface area contributed by atoms with Crippen molar-refractivity contribution in [1.82, 2.24) is 9.62 Å². The Balaban J connectivity index is 3.34. The average Bonchev–Trinajstić information content (AvgIpc) is 2.54. The lowest BCUT2D eigenvalue weighted by Crippen LogP contribution is -2.42. The highest BCUT2D eigenvalue weighted by Crippen LogP contribution is 2.28. The SMILES string of the molecule is CCN(CC)S(=O)(=O)c1cc(C(=O)NC(C)(C)CC)ccc1OC. The molecule has 0 aliphatic heterocycles. The predicted octanol–water partition coefficient (Wildman–Crippen LogP) is 2.64. The van der Waals surface area contributed by atoms with Gasteiger partial charge >= 0.3 is 0 Å². The summed E-state index contributed by atoms with van der Waals surface area (Å²) < 4.78 is 32.1. The van der Waals surface area contributed by atoms with Gasteiger partial charge in [0.15, 0.2) is 0 Å². The lowest BCUT2D eigenvalue weighted by atomic mass is 10.0. The van der Waals surface area contributed by atoms with Gasteiger partial charge < -0.3 is 10.1 Å². The minimum atomic E-state index is -3.72. The molecule has 1 amide bonds. The highest BCUT2D eigenvalue weighted by molar-refractivity contribution is 7.89. The summed E-state index contributed by atoms with van der Waals surface area (Å²) in [4.78, 5) is 12.5. The number of nitrogens with zero attached hydrogens (tertiary/aromatic N) is 1. The molecule has 0 radical (unpaired) electrons. The molecule has 7 heteroatoms. The first-order valence-electron chi connectivity index (χ1n) is 8.13. The summed E-state index contributed by atoms with van der Waals surface area (Å²) in [5, 5.41) is 2.91. The number of carbonyl (C=O) groups excluding carboxylic acids is 1. The van der Waals surface area contributed by atoms with Gasteiger partial charge in [0.05, 0.1) is 7.11 Å². The van der Waals surface area contributed by atoms with E-state index in [0.29, 0.717) is 18.7 Å². The van der Waals surface area contributed by atoms with Gasteiger partial charge in [-0.2, -0.15) is 4.31 Å². The van der Waals surface area contributed by atoms with Crippen LogP contribution in [-0.4, -0.2) is 44.4 Å². The summed E-state index contributed by atoms with van der Waals surface area (Å²) in [6.45, 7) is 10.1. The van der Waals surface area contributed by atoms with Crippen molar-refractivity contribution in [2.75, 3.05) is 20.2 Å². The summed E-state index contributed by atoms with van der Waals surface area (Å²) in [6.07, 6.45) is 0.763. The molecular weight excluding hydrogens is 328 g/mol. The zero-order valence-electron chi connectivity index (χ0n) is 15.3. The largest absolute Gasteiger partial charge is 0.495 e. The molecule has 0 fully saturated rings. The number of methoxy groups -OCH3 is 1. The number of hydrogen-bond acceptors (Lipinski definition) is 4. The molecule has 1 rings (SSSR count). The summed E-state index contributed by atoms with van der Waals surface area (Å²) in [6, 6.07) is 4.47. The molecule has 1 N–H and O–H groups in total. The molecule has 0 aliphatic rings. The molecule has 136 valence electrons. The first-order chi connectivity index (χ1) is 11.1. The zero-order valence-corrected chi connectivity index (χ0v) is 16.2. The third-order valence-corrected chi connectivity index (χ3v) is 6.16. The molecule has 24 heavy (non-hydrogen) atoms. The van der Waals surface area contributed by atoms with E-state index in [4.69, 9.17) is 4.74 Å². The van der Waals surface area contributed by atoms with Crippen molar-refractivity contribution in [3.8, 4) is 5.75 Å². The first-order valence-corrected chi connectivity index (χ1v) is 9.57. The van der Waals surface area contributed by atoms with Gasteiger partial charge in [0.25, 0.3) is 5.91 Å². The van der Waals surface area contributed by atoms with Gasteiger partial charge in [-0.05, 0) is 38.5 Å². The van der Waals surface area contributed by atoms with Crippen molar-refractivity contribution in [3.05, 3.63) is 23.8 Å². The topological polar surface area (TPSA) is 75.7 Å². The van der Waals surface area contributed by atoms with Gasteiger partial charge in [-0.25, -0.2) is 8.42 Å². The van der Waals surface area contributed by atoms with Gasteiger partial charge in [-0.1, -0.05) is 20.8 Å². The summed E-state index contributed by atoms with van der Waals surface area (Å²) in [5.74, 6) is -0.0753. The molecule has 0 heterocycles. The standard InChI is InChI=1S/C17H28N2O4S/c1-7-17(4,5)18-16(20)13-10-11-14(23-6)15(12-13)24(21,22)19(8-2)9-3/h10-12H,7-9H2,1-6H3,(H,18,20). The minimum Gasteiger partial charge on any atom is -0.495 e. The minimum absolute atomic E-state index is 0.00987. The summed E-state index contributed by atoms with van der Waals surface area (Å²) >= 11 is 0. The van der Waals surface area contributed by atoms with Crippen molar-refractivity contribution >= 4 is 15.9 Å². The Bertz CT molecular complexity index is 680. The Morgan fingerprint density at radius 2 is 1.79 bits per heavy atom. The van der Waals surface area contributed by atoms with E-state index < -0.39 is 10.0 Å². The summed E-state index contributed by atoms with van der Waals surface area (Å²) in [5.41, 5.74) is -0.0717. The number of amides is 1. The van der Waals surface area contributed by atoms with E-state index in [1.807, 2.05) is 20.8 Å². The van der Waals surface area contributed by atoms with Gasteiger partial charge in [0, 0.05) is 24.2 Å². The second-order valence-corrected chi connectivity index (χ2v) is 8.05. The molecule has 0 saturated heterocycles. The van der Waals surface area contributed by atoms with Crippen molar-refractivity contribution in [2.45, 2.75) is 51.5 Å². The number of benzene rings is 1. The number of rotatable bonds is 8. The van der Waals surface area contributed by atoms with E-state index >= 15 is 0 Å². The smallest absolute Gasteiger partial charge is 0.251 e. The van der Waals surface area contributed by atoms with Crippen LogP contribution in [0.1, 0.15) is 51.4 Å². The van der Waals surface area contributed by atoms with Crippen LogP contribution in [0.2, 0.25) is 0 Å². The first kappa shape index (κ1) is 20.4. The molecule has 0 aliphatic carbocycles. The van der Waals surface area contributed by atoms with E-state index in [-0.39, 0.29) is 22.1 Å². The van der Waals surface area contributed by atoms with Gasteiger partial charge in [0.2, 0.25) is 10.0 Å². The highest BCUT2D eigenvalue weighted by atomic mass is 32.2. The lowest BCUT2D eigenvalue weighted by molar-refractivity contribution is 0.0911. The highest BCUT2D eigenvalue weighted by Gasteiger charge is 2.27. The van der Waals surface area contributed by atoms with Crippen LogP contribution in [0.25, 0.3) is 0 Å². The van der Waals surface area contributed by atoms with Gasteiger partial charge in [-0.3, -0.25) is 4.79 Å². The van der Waals surface area contributed by atoms with Crippen LogP contribution in [0, 0.1) is 0 Å². The van der Waals surface area contributed by atoms with Crippen LogP contribution >= 0.6 is 0 Å². The molecule has 6 nitrogen and oxygen atoms in total. The normalized spacial score (nSPS) is 12.3. The molecule has 0 atom stereocenters. The van der Waals surface area contributed by atoms with E-state index in [1.165, 1.54) is 23.5 Å². The Hall–Kier alpha value is -1.60. The third-order valence-electron chi connectivity index (χ3n) is 4.08. The van der Waals surface area contributed by atoms with Crippen LogP contribution in [0.15, 0.2) is 23.1 Å². The number of ether oxygens (including phenoxy) is 1. The van der Waals surface area contributed by atoms with Crippen LogP contribution in [0.5, 0.6) is 5.75 Å². The van der Waals surface area contributed by atoms with E-state index in [1.54, 1.807) is 19.9 Å². The number of sulfonamides is 1. The van der Waals surface area contributed by atoms with Crippen LogP contribution in [0.3, 0.4) is 0 Å². The van der Waals surface area contributed by atoms with Crippen LogP contribution in [-0.2, 0) is 10.0 Å². The van der Waals surface area contributed by atoms with Crippen LogP contribution < -0.4 is 10.1 Å². The lowest BCUT2D eigenvalue weighted by Gasteiger charge is -2.25. The Kier molecular flexibility index (Phi) is 6.80. The maximum absolute atomic E-state index is 12.8. The fourth-order valence-corrected chi connectivity index (χ4v) is 3.83. The molecule has 1 aromatic carbocycles. The number of nitrogens with one attached hydrogen (secondary N) is 1. The second-order valence-electron chi connectivity index (χ2n) is 6.15. The molecule has 0 bridgehead atoms. The Labute approximate surface area is 145 Å². The van der Waals surface area contributed by atoms with E-state index in [0.717, 1.165) is 6.42 Å². The number of hydrogen-bond donors (Lipinski definition) is 1.